The largest absolute Gasteiger partial charge is 0.492 e. The minimum absolute atomic E-state index is 0.0239. The fraction of sp³-hybridized carbons (Fsp3) is 0.250. The molecule has 0 radical (unpaired) electrons. The number of hydrogen-bond donors (Lipinski definition) is 0. The molecule has 5 heteroatoms. The first-order valence-electron chi connectivity index (χ1n) is 3.38. The highest BCUT2D eigenvalue weighted by molar-refractivity contribution is 9.10. The van der Waals surface area contributed by atoms with Gasteiger partial charge in [0.1, 0.15) is 5.82 Å². The molecule has 13 heavy (non-hydrogen) atoms. The van der Waals surface area contributed by atoms with Gasteiger partial charge in [-0.15, -0.1) is 0 Å². The van der Waals surface area contributed by atoms with Gasteiger partial charge in [-0.1, -0.05) is 15.9 Å². The molecule has 1 aromatic rings. The Morgan fingerprint density at radius 1 is 1.46 bits per heavy atom. The molecule has 0 amide bonds. The number of methoxy groups -OCH3 is 1. The van der Waals surface area contributed by atoms with E-state index in [9.17, 15) is 8.78 Å². The minimum atomic E-state index is -0.675. The van der Waals surface area contributed by atoms with Crippen LogP contribution in [0.2, 0.25) is 0 Å². The molecule has 1 nitrogen and oxygen atoms in total. The summed E-state index contributed by atoms with van der Waals surface area (Å²) in [5.74, 6) is -1.25. The molecule has 0 atom stereocenters. The predicted octanol–water partition coefficient (Wildman–Crippen LogP) is 3.63. The van der Waals surface area contributed by atoms with Crippen molar-refractivity contribution in [3.8, 4) is 5.75 Å². The van der Waals surface area contributed by atoms with E-state index in [1.807, 2.05) is 0 Å². The maximum Gasteiger partial charge on any atom is 0.173 e. The second-order valence-electron chi connectivity index (χ2n) is 2.30. The molecule has 0 aliphatic carbocycles. The predicted molar refractivity (Wildman–Crippen MR) is 53.2 cm³/mol. The molecule has 0 saturated heterocycles. The van der Waals surface area contributed by atoms with Gasteiger partial charge in [0.05, 0.1) is 11.6 Å². The smallest absolute Gasteiger partial charge is 0.173 e. The molecule has 72 valence electrons. The Bertz CT molecular complexity index is 300. The molecule has 0 saturated carbocycles. The van der Waals surface area contributed by atoms with Gasteiger partial charge in [0, 0.05) is 10.9 Å². The van der Waals surface area contributed by atoms with Crippen LogP contribution < -0.4 is 4.74 Å². The lowest BCUT2D eigenvalue weighted by Crippen LogP contribution is -1.97. The number of benzene rings is 1. The molecule has 0 heterocycles. The zero-order valence-electron chi connectivity index (χ0n) is 6.70. The summed E-state index contributed by atoms with van der Waals surface area (Å²) >= 11 is 6.00. The highest BCUT2D eigenvalue weighted by Crippen LogP contribution is 2.32. The van der Waals surface area contributed by atoms with Crippen molar-refractivity contribution in [2.75, 3.05) is 7.11 Å². The van der Waals surface area contributed by atoms with Crippen LogP contribution in [-0.4, -0.2) is 7.11 Å². The molecule has 0 N–H and O–H groups in total. The van der Waals surface area contributed by atoms with Crippen LogP contribution in [0.15, 0.2) is 10.5 Å². The van der Waals surface area contributed by atoms with E-state index in [0.717, 1.165) is 0 Å². The first kappa shape index (κ1) is 10.9. The number of halogens is 4. The van der Waals surface area contributed by atoms with Gasteiger partial charge >= 0.3 is 0 Å². The van der Waals surface area contributed by atoms with Crippen LogP contribution in [-0.2, 0) is 5.33 Å². The Morgan fingerprint density at radius 3 is 2.54 bits per heavy atom. The summed E-state index contributed by atoms with van der Waals surface area (Å²) in [6, 6.07) is 1.18. The second kappa shape index (κ2) is 4.37. The Hall–Kier alpha value is -0.160. The van der Waals surface area contributed by atoms with Gasteiger partial charge in [0.25, 0.3) is 0 Å². The van der Waals surface area contributed by atoms with Crippen LogP contribution in [0, 0.1) is 11.6 Å². The van der Waals surface area contributed by atoms with Crippen molar-refractivity contribution < 1.29 is 13.5 Å². The first-order valence-corrected chi connectivity index (χ1v) is 5.29. The number of rotatable bonds is 2. The normalized spacial score (nSPS) is 10.2. The third-order valence-electron chi connectivity index (χ3n) is 1.56. The third-order valence-corrected chi connectivity index (χ3v) is 2.71. The summed E-state index contributed by atoms with van der Waals surface area (Å²) in [7, 11) is 1.33. The maximum atomic E-state index is 13.4. The summed E-state index contributed by atoms with van der Waals surface area (Å²) in [5, 5.41) is 0.119. The van der Waals surface area contributed by atoms with Crippen LogP contribution >= 0.6 is 31.9 Å². The molecule has 0 fully saturated rings. The lowest BCUT2D eigenvalue weighted by atomic mass is 10.2. The van der Waals surface area contributed by atoms with E-state index in [1.54, 1.807) is 0 Å². The van der Waals surface area contributed by atoms with Gasteiger partial charge < -0.3 is 4.74 Å². The zero-order valence-corrected chi connectivity index (χ0v) is 9.88. The quantitative estimate of drug-likeness (QED) is 0.757. The number of alkyl halides is 1. The average Bonchev–Trinajstić information content (AvgIpc) is 2.04. The highest BCUT2D eigenvalue weighted by Gasteiger charge is 2.16. The van der Waals surface area contributed by atoms with Crippen molar-refractivity contribution in [3.63, 3.8) is 0 Å². The summed E-state index contributed by atoms with van der Waals surface area (Å²) < 4.78 is 31.5. The van der Waals surface area contributed by atoms with Crippen molar-refractivity contribution in [2.45, 2.75) is 5.33 Å². The average molecular weight is 316 g/mol. The number of ether oxygens (including phenoxy) is 1. The van der Waals surface area contributed by atoms with Crippen LogP contribution in [0.25, 0.3) is 0 Å². The van der Waals surface area contributed by atoms with Crippen LogP contribution in [0.4, 0.5) is 8.78 Å². The molecule has 0 aliphatic heterocycles. The van der Waals surface area contributed by atoms with Crippen molar-refractivity contribution in [1.29, 1.82) is 0 Å². The molecular formula is C8H6Br2F2O. The van der Waals surface area contributed by atoms with Crippen LogP contribution in [0.1, 0.15) is 5.56 Å². The van der Waals surface area contributed by atoms with Gasteiger partial charge in [0.2, 0.25) is 0 Å². The second-order valence-corrected chi connectivity index (χ2v) is 3.71. The Labute approximate surface area is 91.3 Å². The molecule has 1 rings (SSSR count). The summed E-state index contributed by atoms with van der Waals surface area (Å²) in [6.45, 7) is 0. The molecule has 0 spiro atoms. The van der Waals surface area contributed by atoms with Gasteiger partial charge in [-0.25, -0.2) is 8.78 Å². The van der Waals surface area contributed by atoms with Gasteiger partial charge in [-0.2, -0.15) is 0 Å². The van der Waals surface area contributed by atoms with Crippen molar-refractivity contribution in [2.24, 2.45) is 0 Å². The van der Waals surface area contributed by atoms with E-state index in [2.05, 4.69) is 31.9 Å². The summed E-state index contributed by atoms with van der Waals surface area (Å²) in [6.07, 6.45) is 0. The standard InChI is InChI=1S/C8H6Br2F2O/c1-13-8-5(10)2-6(11)4(3-9)7(8)12/h2H,3H2,1H3. The van der Waals surface area contributed by atoms with Crippen molar-refractivity contribution in [3.05, 3.63) is 27.7 Å². The first-order chi connectivity index (χ1) is 6.11. The summed E-state index contributed by atoms with van der Waals surface area (Å²) in [5.41, 5.74) is -0.0277. The van der Waals surface area contributed by atoms with Crippen molar-refractivity contribution >= 4 is 31.9 Å². The van der Waals surface area contributed by atoms with E-state index < -0.39 is 11.6 Å². The van der Waals surface area contributed by atoms with Gasteiger partial charge in [-0.05, 0) is 22.0 Å². The van der Waals surface area contributed by atoms with E-state index in [1.165, 1.54) is 13.2 Å². The van der Waals surface area contributed by atoms with Crippen LogP contribution in [0.5, 0.6) is 5.75 Å². The van der Waals surface area contributed by atoms with Gasteiger partial charge in [0.15, 0.2) is 11.6 Å². The highest BCUT2D eigenvalue weighted by atomic mass is 79.9. The maximum absolute atomic E-state index is 13.4. The monoisotopic (exact) mass is 314 g/mol. The van der Waals surface area contributed by atoms with Crippen molar-refractivity contribution in [1.82, 2.24) is 0 Å². The SMILES string of the molecule is COc1c(Br)cc(F)c(CBr)c1F. The Balaban J connectivity index is 3.39. The molecule has 0 bridgehead atoms. The summed E-state index contributed by atoms with van der Waals surface area (Å²) in [4.78, 5) is 0. The van der Waals surface area contributed by atoms with Crippen LogP contribution in [0.3, 0.4) is 0 Å². The Kier molecular flexibility index (Phi) is 3.67. The minimum Gasteiger partial charge on any atom is -0.492 e. The third kappa shape index (κ3) is 2.02. The van der Waals surface area contributed by atoms with E-state index in [0.29, 0.717) is 0 Å². The molecular weight excluding hydrogens is 310 g/mol. The molecule has 0 aromatic heterocycles. The van der Waals surface area contributed by atoms with Gasteiger partial charge in [-0.3, -0.25) is 0 Å². The number of hydrogen-bond acceptors (Lipinski definition) is 1. The topological polar surface area (TPSA) is 9.23 Å². The fourth-order valence-corrected chi connectivity index (χ4v) is 1.97. The molecule has 1 aromatic carbocycles. The van der Waals surface area contributed by atoms with E-state index in [-0.39, 0.29) is 21.1 Å². The molecule has 0 unspecified atom stereocenters. The fourth-order valence-electron chi connectivity index (χ4n) is 0.920. The Morgan fingerprint density at radius 2 is 2.08 bits per heavy atom. The van der Waals surface area contributed by atoms with E-state index >= 15 is 0 Å². The lowest BCUT2D eigenvalue weighted by molar-refractivity contribution is 0.379. The zero-order chi connectivity index (χ0) is 10.0. The molecule has 0 aliphatic rings. The lowest BCUT2D eigenvalue weighted by Gasteiger charge is -2.08. The van der Waals surface area contributed by atoms with E-state index in [4.69, 9.17) is 4.74 Å².